The van der Waals surface area contributed by atoms with E-state index in [1.807, 2.05) is 9.80 Å². The van der Waals surface area contributed by atoms with E-state index in [0.717, 1.165) is 30.3 Å². The smallest absolute Gasteiger partial charge is 0.370 e. The number of halogens is 3. The van der Waals surface area contributed by atoms with Gasteiger partial charge in [0.15, 0.2) is 0 Å². The molecule has 1 amide bonds. The molecule has 1 aliphatic carbocycles. The molecular formula is C22H23F3N4O. The lowest BCUT2D eigenvalue weighted by molar-refractivity contribution is -0.141. The van der Waals surface area contributed by atoms with Crippen LogP contribution in [0.4, 0.5) is 18.9 Å². The molecule has 1 fully saturated rings. The molecule has 2 aromatic rings. The lowest BCUT2D eigenvalue weighted by Gasteiger charge is -2.41. The van der Waals surface area contributed by atoms with Gasteiger partial charge in [0, 0.05) is 37.7 Å². The van der Waals surface area contributed by atoms with Crippen LogP contribution in [0, 0.1) is 12.8 Å². The van der Waals surface area contributed by atoms with E-state index in [1.54, 1.807) is 0 Å². The van der Waals surface area contributed by atoms with E-state index >= 15 is 0 Å². The highest BCUT2D eigenvalue weighted by Gasteiger charge is 2.35. The Morgan fingerprint density at radius 1 is 1.13 bits per heavy atom. The van der Waals surface area contributed by atoms with Crippen molar-refractivity contribution in [2.75, 3.05) is 18.0 Å². The summed E-state index contributed by atoms with van der Waals surface area (Å²) in [5.74, 6) is 0.344. The van der Waals surface area contributed by atoms with Gasteiger partial charge in [-0.25, -0.2) is 4.98 Å². The second-order valence-electron chi connectivity index (χ2n) is 8.56. The van der Waals surface area contributed by atoms with Crippen molar-refractivity contribution in [1.29, 1.82) is 0 Å². The first-order valence-electron chi connectivity index (χ1n) is 10.4. The van der Waals surface area contributed by atoms with Gasteiger partial charge in [0.05, 0.1) is 24.1 Å². The van der Waals surface area contributed by atoms with Gasteiger partial charge < -0.3 is 9.80 Å². The molecule has 0 spiro atoms. The molecule has 0 atom stereocenters. The molecule has 30 heavy (non-hydrogen) atoms. The molecule has 0 aromatic carbocycles. The molecule has 0 radical (unpaired) electrons. The minimum atomic E-state index is -4.43. The average Bonchev–Trinajstić information content (AvgIpc) is 3.30. The Labute approximate surface area is 172 Å². The highest BCUT2D eigenvalue weighted by atomic mass is 19.4. The summed E-state index contributed by atoms with van der Waals surface area (Å²) in [5.41, 5.74) is 5.98. The monoisotopic (exact) mass is 416 g/mol. The minimum Gasteiger partial charge on any atom is -0.370 e. The molecule has 158 valence electrons. The summed E-state index contributed by atoms with van der Waals surface area (Å²) in [6, 6.07) is 2.45. The molecule has 3 aliphatic rings. The van der Waals surface area contributed by atoms with Crippen LogP contribution in [0.1, 0.15) is 46.6 Å². The number of hydrogen-bond donors (Lipinski definition) is 0. The molecule has 5 rings (SSSR count). The quantitative estimate of drug-likeness (QED) is 0.766. The van der Waals surface area contributed by atoms with E-state index in [2.05, 4.69) is 11.9 Å². The largest absolute Gasteiger partial charge is 0.433 e. The van der Waals surface area contributed by atoms with Gasteiger partial charge in [0.1, 0.15) is 5.69 Å². The van der Waals surface area contributed by atoms with Crippen molar-refractivity contribution in [3.63, 3.8) is 0 Å². The summed E-state index contributed by atoms with van der Waals surface area (Å²) < 4.78 is 37.9. The molecule has 0 bridgehead atoms. The van der Waals surface area contributed by atoms with E-state index < -0.39 is 11.9 Å². The van der Waals surface area contributed by atoms with Gasteiger partial charge in [0.2, 0.25) is 5.91 Å². The van der Waals surface area contributed by atoms with E-state index in [1.165, 1.54) is 35.4 Å². The Morgan fingerprint density at radius 2 is 1.90 bits per heavy atom. The van der Waals surface area contributed by atoms with Gasteiger partial charge in [-0.1, -0.05) is 0 Å². The molecule has 1 saturated heterocycles. The lowest BCUT2D eigenvalue weighted by atomic mass is 9.95. The third kappa shape index (κ3) is 3.32. The van der Waals surface area contributed by atoms with Crippen LogP contribution in [0.15, 0.2) is 18.3 Å². The highest BCUT2D eigenvalue weighted by molar-refractivity contribution is 5.78. The fourth-order valence-corrected chi connectivity index (χ4v) is 4.94. The van der Waals surface area contributed by atoms with Crippen LogP contribution in [-0.4, -0.2) is 33.9 Å². The predicted molar refractivity (Wildman–Crippen MR) is 105 cm³/mol. The standard InChI is InChI=1S/C22H23F3N4O/c1-13-16-3-2-4-17(16)18-11-29(12-19(18)27-13)21(30)7-14-9-28(10-14)15-5-6-20(26-8-15)22(23,24)25/h5-6,8,14H,2-4,7,9-12H2,1H3. The number of alkyl halides is 3. The van der Waals surface area contributed by atoms with Gasteiger partial charge in [0.25, 0.3) is 0 Å². The molecule has 2 aliphatic heterocycles. The molecular weight excluding hydrogens is 393 g/mol. The maximum Gasteiger partial charge on any atom is 0.433 e. The number of aryl methyl sites for hydroxylation is 1. The van der Waals surface area contributed by atoms with Crippen LogP contribution in [0.25, 0.3) is 0 Å². The fraction of sp³-hybridized carbons (Fsp3) is 0.500. The molecule has 4 heterocycles. The second kappa shape index (κ2) is 6.96. The van der Waals surface area contributed by atoms with Crippen LogP contribution in [0.2, 0.25) is 0 Å². The number of pyridine rings is 2. The first kappa shape index (κ1) is 19.3. The number of carbonyl (C=O) groups is 1. The molecule has 5 nitrogen and oxygen atoms in total. The van der Waals surface area contributed by atoms with Crippen molar-refractivity contribution in [2.45, 2.75) is 51.9 Å². The molecule has 2 aromatic heterocycles. The summed E-state index contributed by atoms with van der Waals surface area (Å²) in [7, 11) is 0. The molecule has 0 N–H and O–H groups in total. The maximum atomic E-state index is 12.8. The first-order valence-corrected chi connectivity index (χ1v) is 10.4. The number of carbonyl (C=O) groups excluding carboxylic acids is 1. The maximum absolute atomic E-state index is 12.8. The topological polar surface area (TPSA) is 49.3 Å². The van der Waals surface area contributed by atoms with Gasteiger partial charge >= 0.3 is 6.18 Å². The number of anilines is 1. The number of rotatable bonds is 3. The van der Waals surface area contributed by atoms with Crippen LogP contribution in [0.5, 0.6) is 0 Å². The zero-order valence-corrected chi connectivity index (χ0v) is 16.8. The summed E-state index contributed by atoms with van der Waals surface area (Å²) in [6.45, 7) is 4.62. The Morgan fingerprint density at radius 3 is 2.60 bits per heavy atom. The number of aromatic nitrogens is 2. The van der Waals surface area contributed by atoms with Gasteiger partial charge in [-0.2, -0.15) is 13.2 Å². The molecule has 0 saturated carbocycles. The van der Waals surface area contributed by atoms with Crippen molar-refractivity contribution in [3.05, 3.63) is 52.1 Å². The van der Waals surface area contributed by atoms with E-state index in [-0.39, 0.29) is 11.8 Å². The SMILES string of the molecule is Cc1nc2c(c3c1CCC3)CN(C(=O)CC1CN(c3ccc(C(F)(F)F)nc3)C1)C2. The number of fused-ring (bicyclic) bond motifs is 3. The normalized spacial score (nSPS) is 18.4. The van der Waals surface area contributed by atoms with Gasteiger partial charge in [-0.05, 0) is 55.0 Å². The van der Waals surface area contributed by atoms with Crippen molar-refractivity contribution >= 4 is 11.6 Å². The van der Waals surface area contributed by atoms with Crippen molar-refractivity contribution in [2.24, 2.45) is 5.92 Å². The Balaban J connectivity index is 1.17. The van der Waals surface area contributed by atoms with Crippen molar-refractivity contribution in [3.8, 4) is 0 Å². The fourth-order valence-electron chi connectivity index (χ4n) is 4.94. The Kier molecular flexibility index (Phi) is 4.48. The summed E-state index contributed by atoms with van der Waals surface area (Å²) >= 11 is 0. The van der Waals surface area contributed by atoms with Gasteiger partial charge in [-0.3, -0.25) is 9.78 Å². The first-order chi connectivity index (χ1) is 14.3. The third-order valence-corrected chi connectivity index (χ3v) is 6.54. The van der Waals surface area contributed by atoms with Crippen LogP contribution in [-0.2, 0) is 36.9 Å². The summed E-state index contributed by atoms with van der Waals surface area (Å²) in [6.07, 6.45) is 0.627. The zero-order chi connectivity index (χ0) is 21.0. The average molecular weight is 416 g/mol. The second-order valence-corrected chi connectivity index (χ2v) is 8.56. The molecule has 0 unspecified atom stereocenters. The van der Waals surface area contributed by atoms with Crippen molar-refractivity contribution < 1.29 is 18.0 Å². The van der Waals surface area contributed by atoms with E-state index in [9.17, 15) is 18.0 Å². The Hall–Kier alpha value is -2.64. The number of amides is 1. The Bertz CT molecular complexity index is 997. The van der Waals surface area contributed by atoms with Gasteiger partial charge in [-0.15, -0.1) is 0 Å². The lowest BCUT2D eigenvalue weighted by Crippen LogP contribution is -2.48. The summed E-state index contributed by atoms with van der Waals surface area (Å²) in [5, 5.41) is 0. The highest BCUT2D eigenvalue weighted by Crippen LogP contribution is 2.35. The van der Waals surface area contributed by atoms with E-state index in [4.69, 9.17) is 4.98 Å². The van der Waals surface area contributed by atoms with E-state index in [0.29, 0.717) is 38.3 Å². The predicted octanol–water partition coefficient (Wildman–Crippen LogP) is 3.66. The number of nitrogens with zero attached hydrogens (tertiary/aromatic N) is 4. The third-order valence-electron chi connectivity index (χ3n) is 6.54. The van der Waals surface area contributed by atoms with Crippen LogP contribution >= 0.6 is 0 Å². The number of hydrogen-bond acceptors (Lipinski definition) is 4. The van der Waals surface area contributed by atoms with Crippen LogP contribution in [0.3, 0.4) is 0 Å². The zero-order valence-electron chi connectivity index (χ0n) is 16.8. The summed E-state index contributed by atoms with van der Waals surface area (Å²) in [4.78, 5) is 25.0. The van der Waals surface area contributed by atoms with Crippen molar-refractivity contribution in [1.82, 2.24) is 14.9 Å². The van der Waals surface area contributed by atoms with Crippen LogP contribution < -0.4 is 4.90 Å². The minimum absolute atomic E-state index is 0.132. The molecule has 8 heteroatoms.